The van der Waals surface area contributed by atoms with Crippen molar-refractivity contribution in [1.82, 2.24) is 39.4 Å². The minimum absolute atomic E-state index is 0.196. The van der Waals surface area contributed by atoms with Gasteiger partial charge in [0, 0.05) is 59.8 Å². The molecule has 2 aliphatic heterocycles. The Hall–Kier alpha value is -9.77. The highest BCUT2D eigenvalue weighted by atomic mass is 31.2. The van der Waals surface area contributed by atoms with E-state index in [1.165, 1.54) is 30.7 Å². The summed E-state index contributed by atoms with van der Waals surface area (Å²) < 4.78 is 56.8. The molecular weight excluding hydrogens is 1210 g/mol. The average molecular weight is 1290 g/mol. The Morgan fingerprint density at radius 1 is 0.602 bits per heavy atom. The predicted molar refractivity (Wildman–Crippen MR) is 350 cm³/mol. The largest absolute Gasteiger partial charge is 0.444 e. The molecule has 2 fully saturated rings. The van der Waals surface area contributed by atoms with Gasteiger partial charge in [0.05, 0.1) is 30.2 Å². The van der Waals surface area contributed by atoms with Gasteiger partial charge in [-0.15, -0.1) is 0 Å². The van der Waals surface area contributed by atoms with Crippen LogP contribution >= 0.6 is 7.37 Å². The number of carbonyl (C=O) groups excluding carboxylic acids is 6. The normalized spacial score (nSPS) is 14.9. The van der Waals surface area contributed by atoms with Crippen molar-refractivity contribution >= 4 is 65.2 Å². The first-order chi connectivity index (χ1) is 44.0. The molecule has 93 heavy (non-hydrogen) atoms. The third-order valence-electron chi connectivity index (χ3n) is 15.0. The number of pyridine rings is 2. The SMILES string of the molecule is CC(=O)c1[nH]c([C@@H]2CCCCN2C(=O)OC(C)(C)C)nc1-c1ccc(C(=O)Nc2cc(C)c(F)cn2)cc1.CC(=O)c1c(-c2ccc(C(=O)Nc3cc(C)c(F)cn3)cc2)nc([C@@H]2CCCCN2C(=O)OC(C)(C)C)n1N.NOP(=O)(c1ccccc1)c1ccccc1. The van der Waals surface area contributed by atoms with Gasteiger partial charge in [-0.25, -0.2) is 53.5 Å². The lowest BCUT2D eigenvalue weighted by atomic mass is 10.0. The zero-order chi connectivity index (χ0) is 67.5. The Morgan fingerprint density at radius 2 is 1.03 bits per heavy atom. The fourth-order valence-corrected chi connectivity index (χ4v) is 12.1. The van der Waals surface area contributed by atoms with E-state index in [9.17, 15) is 42.1 Å². The van der Waals surface area contributed by atoms with Crippen LogP contribution in [0, 0.1) is 25.5 Å². The summed E-state index contributed by atoms with van der Waals surface area (Å²) in [6.07, 6.45) is 6.03. The van der Waals surface area contributed by atoms with Crippen LogP contribution in [0.4, 0.5) is 30.0 Å². The van der Waals surface area contributed by atoms with Crippen molar-refractivity contribution in [1.29, 1.82) is 0 Å². The molecule has 4 aromatic heterocycles. The van der Waals surface area contributed by atoms with Gasteiger partial charge in [-0.1, -0.05) is 60.7 Å². The molecule has 4 aromatic carbocycles. The van der Waals surface area contributed by atoms with E-state index >= 15 is 0 Å². The molecule has 488 valence electrons. The number of ether oxygens (including phenoxy) is 2. The summed E-state index contributed by atoms with van der Waals surface area (Å²) in [6.45, 7) is 17.9. The van der Waals surface area contributed by atoms with Gasteiger partial charge in [-0.3, -0.25) is 33.5 Å². The summed E-state index contributed by atoms with van der Waals surface area (Å²) in [6, 6.07) is 33.2. The number of rotatable bonds is 13. The zero-order valence-electron chi connectivity index (χ0n) is 53.6. The molecule has 0 bridgehead atoms. The number of ketones is 2. The molecule has 2 saturated heterocycles. The number of Topliss-reactive ketones (excluding diaryl/α,β-unsaturated/α-hetero) is 2. The summed E-state index contributed by atoms with van der Waals surface area (Å²) >= 11 is 0. The number of benzene rings is 4. The molecule has 7 N–H and O–H groups in total. The van der Waals surface area contributed by atoms with Crippen LogP contribution in [0.1, 0.15) is 170 Å². The van der Waals surface area contributed by atoms with Gasteiger partial charge in [0.2, 0.25) is 0 Å². The number of hydrogen-bond donors (Lipinski definition) is 5. The van der Waals surface area contributed by atoms with Crippen LogP contribution in [0.2, 0.25) is 0 Å². The van der Waals surface area contributed by atoms with E-state index in [1.807, 2.05) is 57.2 Å². The molecule has 2 aliphatic rings. The Morgan fingerprint density at radius 3 is 1.44 bits per heavy atom. The third kappa shape index (κ3) is 17.2. The van der Waals surface area contributed by atoms with E-state index < -0.39 is 60.2 Å². The number of nitrogens with zero attached hydrogens (tertiary/aromatic N) is 7. The van der Waals surface area contributed by atoms with E-state index in [-0.39, 0.29) is 34.9 Å². The van der Waals surface area contributed by atoms with Gasteiger partial charge >= 0.3 is 12.2 Å². The highest BCUT2D eigenvalue weighted by molar-refractivity contribution is 7.74. The van der Waals surface area contributed by atoms with Crippen molar-refractivity contribution in [3.05, 3.63) is 191 Å². The summed E-state index contributed by atoms with van der Waals surface area (Å²) in [5.74, 6) is 10.8. The molecular formula is C68H77F2N12O10P. The number of amides is 4. The molecule has 0 saturated carbocycles. The zero-order valence-corrected chi connectivity index (χ0v) is 54.5. The van der Waals surface area contributed by atoms with E-state index in [2.05, 4.69) is 25.6 Å². The van der Waals surface area contributed by atoms with Crippen LogP contribution in [0.15, 0.2) is 134 Å². The van der Waals surface area contributed by atoms with Crippen molar-refractivity contribution in [3.63, 3.8) is 0 Å². The molecule has 0 aliphatic carbocycles. The number of anilines is 2. The summed E-state index contributed by atoms with van der Waals surface area (Å²) in [5, 5.41) is 6.50. The number of nitrogens with one attached hydrogen (secondary N) is 3. The third-order valence-corrected chi connectivity index (χ3v) is 17.2. The summed E-state index contributed by atoms with van der Waals surface area (Å²) in [4.78, 5) is 100. The van der Waals surface area contributed by atoms with Gasteiger partial charge in [-0.05, 0) is 166 Å². The number of imidazole rings is 2. The van der Waals surface area contributed by atoms with Crippen LogP contribution in [0.25, 0.3) is 22.5 Å². The van der Waals surface area contributed by atoms with Gasteiger partial charge in [-0.2, -0.15) is 0 Å². The van der Waals surface area contributed by atoms with Gasteiger partial charge in [0.25, 0.3) is 19.2 Å². The minimum Gasteiger partial charge on any atom is -0.444 e. The maximum Gasteiger partial charge on any atom is 0.410 e. The van der Waals surface area contributed by atoms with Crippen LogP contribution in [0.3, 0.4) is 0 Å². The molecule has 0 spiro atoms. The molecule has 8 aromatic rings. The molecule has 10 rings (SSSR count). The van der Waals surface area contributed by atoms with Crippen LogP contribution < -0.4 is 33.0 Å². The smallest absolute Gasteiger partial charge is 0.410 e. The maximum atomic E-state index is 13.5. The fourth-order valence-electron chi connectivity index (χ4n) is 10.4. The topological polar surface area (TPSA) is 302 Å². The predicted octanol–water partition coefficient (Wildman–Crippen LogP) is 12.7. The lowest BCUT2D eigenvalue weighted by molar-refractivity contribution is 0.00739. The standard InChI is InChI=1S/C28H33FN6O4.C28H32FN5O4.C12H12NO2P/c1-16-14-22(31-15-20(16)29)32-26(37)19-11-9-18(10-12-19)23-24(17(2)36)35(30)25(33-23)21-8-6-7-13-34(21)27(38)39-28(3,4)5;1-16-14-22(30-15-20(16)29)31-26(36)19-11-9-18(10-12-19)24-23(17(2)35)32-25(33-24)21-8-6-7-13-34(21)27(37)38-28(3,4)5;13-15-16(14,11-7-3-1-4-8-11)12-9-5-2-6-10-12/h9-12,14-15,21H,6-8,13,30H2,1-5H3,(H,31,32,37);9-12,14-15,21H,6-8,13H2,1-5H3,(H,32,33)(H,30,31,36);1-10H,13H2/t2*21-;/m00./s1. The highest BCUT2D eigenvalue weighted by Crippen LogP contribution is 2.42. The lowest BCUT2D eigenvalue weighted by Gasteiger charge is -2.36. The molecule has 25 heteroatoms. The number of nitrogens with two attached hydrogens (primary N) is 2. The second-order valence-corrected chi connectivity index (χ2v) is 26.7. The lowest BCUT2D eigenvalue weighted by Crippen LogP contribution is -2.43. The fraction of sp³-hybridized carbons (Fsp3) is 0.324. The molecule has 0 radical (unpaired) electrons. The Labute approximate surface area is 538 Å². The molecule has 0 unspecified atom stereocenters. The molecule has 6 heterocycles. The van der Waals surface area contributed by atoms with Crippen molar-refractivity contribution in [2.75, 3.05) is 29.6 Å². The quantitative estimate of drug-likeness (QED) is 0.0310. The summed E-state index contributed by atoms with van der Waals surface area (Å²) in [7, 11) is -3.13. The van der Waals surface area contributed by atoms with E-state index in [0.29, 0.717) is 98.7 Å². The number of carbonyl (C=O) groups is 6. The van der Waals surface area contributed by atoms with E-state index in [4.69, 9.17) is 35.8 Å². The Kier molecular flexibility index (Phi) is 22.1. The number of nitrogen functional groups attached to an aromatic ring is 1. The Bertz CT molecular complexity index is 4020. The van der Waals surface area contributed by atoms with Crippen molar-refractivity contribution in [2.24, 2.45) is 5.90 Å². The number of piperidine rings is 2. The molecule has 4 amide bonds. The van der Waals surface area contributed by atoms with Crippen LogP contribution in [0.5, 0.6) is 0 Å². The van der Waals surface area contributed by atoms with Gasteiger partial charge in [0.15, 0.2) is 17.4 Å². The Balaban J connectivity index is 0.000000194. The highest BCUT2D eigenvalue weighted by Gasteiger charge is 2.38. The second-order valence-electron chi connectivity index (χ2n) is 24.4. The number of H-pyrrole nitrogens is 1. The molecule has 22 nitrogen and oxygen atoms in total. The average Bonchev–Trinajstić information content (AvgIpc) is 1.66. The van der Waals surface area contributed by atoms with E-state index in [0.717, 1.165) is 38.1 Å². The van der Waals surface area contributed by atoms with Crippen molar-refractivity contribution < 1.29 is 56.2 Å². The monoisotopic (exact) mass is 1290 g/mol. The van der Waals surface area contributed by atoms with E-state index in [1.54, 1.807) is 117 Å². The first-order valence-corrected chi connectivity index (χ1v) is 31.8. The number of aryl methyl sites for hydroxylation is 2. The number of hydrogen-bond acceptors (Lipinski definition) is 16. The number of aromatic nitrogens is 6. The maximum absolute atomic E-state index is 13.5. The van der Waals surface area contributed by atoms with Crippen LogP contribution in [-0.2, 0) is 18.7 Å². The first kappa shape index (κ1) is 69.1. The first-order valence-electron chi connectivity index (χ1n) is 30.2. The second kappa shape index (κ2) is 29.7. The summed E-state index contributed by atoms with van der Waals surface area (Å²) in [5.41, 5.74) is 2.71. The van der Waals surface area contributed by atoms with Crippen molar-refractivity contribution in [2.45, 2.75) is 131 Å². The van der Waals surface area contributed by atoms with Crippen LogP contribution in [-0.4, -0.2) is 99.3 Å². The minimum atomic E-state index is -3.13. The molecule has 2 atom stereocenters. The number of likely N-dealkylation sites (tertiary alicyclic amines) is 2. The van der Waals surface area contributed by atoms with Gasteiger partial charge < -0.3 is 30.9 Å². The van der Waals surface area contributed by atoms with Gasteiger partial charge in [0.1, 0.15) is 57.4 Å². The van der Waals surface area contributed by atoms with Crippen molar-refractivity contribution in [3.8, 4) is 22.5 Å². The number of halogens is 2. The number of aromatic amines is 1.